The molecule has 120 valence electrons. The van der Waals surface area contributed by atoms with Gasteiger partial charge in [-0.3, -0.25) is 4.79 Å². The van der Waals surface area contributed by atoms with Crippen LogP contribution < -0.4 is 10.1 Å². The Balaban J connectivity index is 1.47. The number of hydrogen-bond acceptors (Lipinski definition) is 4. The molecule has 0 spiro atoms. The number of ether oxygens (including phenoxy) is 1. The Kier molecular flexibility index (Phi) is 3.54. The van der Waals surface area contributed by atoms with Crippen LogP contribution in [0.4, 0.5) is 5.69 Å². The van der Waals surface area contributed by atoms with Gasteiger partial charge in [-0.05, 0) is 47.5 Å². The summed E-state index contributed by atoms with van der Waals surface area (Å²) in [5, 5.41) is 2.83. The number of hydrogen-bond donors (Lipinski definition) is 1. The molecule has 1 aromatic heterocycles. The normalized spacial score (nSPS) is 13.2. The number of amides is 1. The van der Waals surface area contributed by atoms with Crippen molar-refractivity contribution in [3.8, 4) is 5.75 Å². The van der Waals surface area contributed by atoms with Crippen LogP contribution in [0.25, 0.3) is 17.2 Å². The molecule has 5 nitrogen and oxygen atoms in total. The Bertz CT molecular complexity index is 956. The van der Waals surface area contributed by atoms with Crippen LogP contribution in [-0.4, -0.2) is 17.5 Å². The Hall–Kier alpha value is -3.08. The SMILES string of the molecule is Cc1nc2cc(NC(=O)/C=C/c3ccc4c(c3)CCO4)ccc2o1. The lowest BCUT2D eigenvalue weighted by Crippen LogP contribution is -2.07. The Morgan fingerprint density at radius 3 is 3.08 bits per heavy atom. The van der Waals surface area contributed by atoms with E-state index < -0.39 is 0 Å². The summed E-state index contributed by atoms with van der Waals surface area (Å²) in [6, 6.07) is 11.3. The molecule has 2 heterocycles. The van der Waals surface area contributed by atoms with Crippen LogP contribution >= 0.6 is 0 Å². The minimum atomic E-state index is -0.189. The van der Waals surface area contributed by atoms with Crippen molar-refractivity contribution >= 4 is 28.8 Å². The topological polar surface area (TPSA) is 64.4 Å². The third kappa shape index (κ3) is 2.88. The number of benzene rings is 2. The van der Waals surface area contributed by atoms with Gasteiger partial charge in [-0.2, -0.15) is 0 Å². The number of nitrogens with zero attached hydrogens (tertiary/aromatic N) is 1. The van der Waals surface area contributed by atoms with E-state index in [9.17, 15) is 4.79 Å². The smallest absolute Gasteiger partial charge is 0.248 e. The number of carbonyl (C=O) groups excluding carboxylic acids is 1. The first-order valence-electron chi connectivity index (χ1n) is 7.79. The molecule has 0 radical (unpaired) electrons. The van der Waals surface area contributed by atoms with Gasteiger partial charge in [0.25, 0.3) is 0 Å². The van der Waals surface area contributed by atoms with E-state index in [-0.39, 0.29) is 5.91 Å². The van der Waals surface area contributed by atoms with Crippen LogP contribution in [0.2, 0.25) is 0 Å². The van der Waals surface area contributed by atoms with Gasteiger partial charge in [-0.15, -0.1) is 0 Å². The van der Waals surface area contributed by atoms with E-state index in [4.69, 9.17) is 9.15 Å². The van der Waals surface area contributed by atoms with E-state index in [1.54, 1.807) is 31.2 Å². The highest BCUT2D eigenvalue weighted by Crippen LogP contribution is 2.26. The predicted molar refractivity (Wildman–Crippen MR) is 92.1 cm³/mol. The number of nitrogens with one attached hydrogen (secondary N) is 1. The maximum Gasteiger partial charge on any atom is 0.248 e. The highest BCUT2D eigenvalue weighted by molar-refractivity contribution is 6.02. The van der Waals surface area contributed by atoms with Crippen molar-refractivity contribution in [3.63, 3.8) is 0 Å². The number of carbonyl (C=O) groups is 1. The minimum Gasteiger partial charge on any atom is -0.493 e. The molecule has 1 aliphatic heterocycles. The molecule has 2 aromatic carbocycles. The van der Waals surface area contributed by atoms with E-state index in [0.717, 1.165) is 29.9 Å². The standard InChI is InChI=1S/C19H16N2O3/c1-12-20-16-11-15(4-6-18(16)24-12)21-19(22)7-3-13-2-5-17-14(10-13)8-9-23-17/h2-7,10-11H,8-9H2,1H3,(H,21,22)/b7-3+. The largest absolute Gasteiger partial charge is 0.493 e. The number of oxazole rings is 1. The van der Waals surface area contributed by atoms with Gasteiger partial charge in [0.05, 0.1) is 6.61 Å². The van der Waals surface area contributed by atoms with Crippen LogP contribution in [0.5, 0.6) is 5.75 Å². The monoisotopic (exact) mass is 320 g/mol. The zero-order valence-electron chi connectivity index (χ0n) is 13.2. The van der Waals surface area contributed by atoms with E-state index in [1.165, 1.54) is 11.6 Å². The molecule has 3 aromatic rings. The summed E-state index contributed by atoms with van der Waals surface area (Å²) in [5.41, 5.74) is 4.29. The molecule has 5 heteroatoms. The van der Waals surface area contributed by atoms with Gasteiger partial charge in [-0.1, -0.05) is 6.07 Å². The molecule has 0 fully saturated rings. The van der Waals surface area contributed by atoms with E-state index >= 15 is 0 Å². The van der Waals surface area contributed by atoms with Gasteiger partial charge in [0.1, 0.15) is 11.3 Å². The first kappa shape index (κ1) is 14.5. The molecule has 4 rings (SSSR count). The minimum absolute atomic E-state index is 0.189. The van der Waals surface area contributed by atoms with Crippen molar-refractivity contribution in [2.24, 2.45) is 0 Å². The molecule has 0 unspecified atom stereocenters. The van der Waals surface area contributed by atoms with Crippen LogP contribution in [-0.2, 0) is 11.2 Å². The lowest BCUT2D eigenvalue weighted by Gasteiger charge is -2.02. The quantitative estimate of drug-likeness (QED) is 0.747. The second kappa shape index (κ2) is 5.85. The third-order valence-corrected chi connectivity index (χ3v) is 3.90. The number of fused-ring (bicyclic) bond motifs is 2. The summed E-state index contributed by atoms with van der Waals surface area (Å²) in [6.45, 7) is 2.52. The molecular formula is C19H16N2O3. The summed E-state index contributed by atoms with van der Waals surface area (Å²) in [4.78, 5) is 16.4. The number of rotatable bonds is 3. The first-order chi connectivity index (χ1) is 11.7. The molecule has 1 N–H and O–H groups in total. The molecule has 0 aliphatic carbocycles. The van der Waals surface area contributed by atoms with Crippen LogP contribution in [0.3, 0.4) is 0 Å². The molecule has 1 amide bonds. The number of anilines is 1. The Morgan fingerprint density at radius 2 is 2.17 bits per heavy atom. The fourth-order valence-electron chi connectivity index (χ4n) is 2.79. The van der Waals surface area contributed by atoms with Gasteiger partial charge in [0.15, 0.2) is 11.5 Å². The first-order valence-corrected chi connectivity index (χ1v) is 7.79. The van der Waals surface area contributed by atoms with Crippen LogP contribution in [0.15, 0.2) is 46.9 Å². The maximum absolute atomic E-state index is 12.1. The molecule has 0 saturated carbocycles. The Labute approximate surface area is 139 Å². The van der Waals surface area contributed by atoms with Gasteiger partial charge in [0, 0.05) is 25.1 Å². The number of aromatic nitrogens is 1. The molecule has 0 saturated heterocycles. The molecule has 1 aliphatic rings. The average molecular weight is 320 g/mol. The van der Waals surface area contributed by atoms with Gasteiger partial charge >= 0.3 is 0 Å². The van der Waals surface area contributed by atoms with E-state index in [1.807, 2.05) is 12.1 Å². The molecule has 24 heavy (non-hydrogen) atoms. The summed E-state index contributed by atoms with van der Waals surface area (Å²) in [5.74, 6) is 1.35. The van der Waals surface area contributed by atoms with Crippen molar-refractivity contribution in [1.29, 1.82) is 0 Å². The van der Waals surface area contributed by atoms with Gasteiger partial charge in [0.2, 0.25) is 5.91 Å². The third-order valence-electron chi connectivity index (χ3n) is 3.90. The van der Waals surface area contributed by atoms with Crippen molar-refractivity contribution < 1.29 is 13.9 Å². The van der Waals surface area contributed by atoms with Crippen molar-refractivity contribution in [2.45, 2.75) is 13.3 Å². The summed E-state index contributed by atoms with van der Waals surface area (Å²) in [6.07, 6.45) is 4.24. The average Bonchev–Trinajstić information content (AvgIpc) is 3.17. The van der Waals surface area contributed by atoms with E-state index in [2.05, 4.69) is 16.4 Å². The number of aryl methyl sites for hydroxylation is 1. The van der Waals surface area contributed by atoms with Crippen LogP contribution in [0.1, 0.15) is 17.0 Å². The second-order valence-corrected chi connectivity index (χ2v) is 5.70. The van der Waals surface area contributed by atoms with Crippen molar-refractivity contribution in [2.75, 3.05) is 11.9 Å². The fourth-order valence-corrected chi connectivity index (χ4v) is 2.79. The zero-order chi connectivity index (χ0) is 16.5. The maximum atomic E-state index is 12.1. The predicted octanol–water partition coefficient (Wildman–Crippen LogP) is 3.72. The summed E-state index contributed by atoms with van der Waals surface area (Å²) >= 11 is 0. The molecular weight excluding hydrogens is 304 g/mol. The molecule has 0 atom stereocenters. The van der Waals surface area contributed by atoms with Gasteiger partial charge < -0.3 is 14.5 Å². The second-order valence-electron chi connectivity index (χ2n) is 5.70. The van der Waals surface area contributed by atoms with Crippen molar-refractivity contribution in [3.05, 3.63) is 59.5 Å². The molecule has 0 bridgehead atoms. The lowest BCUT2D eigenvalue weighted by atomic mass is 10.1. The highest BCUT2D eigenvalue weighted by Gasteiger charge is 2.11. The zero-order valence-corrected chi connectivity index (χ0v) is 13.2. The summed E-state index contributed by atoms with van der Waals surface area (Å²) < 4.78 is 10.9. The summed E-state index contributed by atoms with van der Waals surface area (Å²) in [7, 11) is 0. The van der Waals surface area contributed by atoms with Crippen molar-refractivity contribution in [1.82, 2.24) is 4.98 Å². The van der Waals surface area contributed by atoms with Crippen LogP contribution in [0, 0.1) is 6.92 Å². The van der Waals surface area contributed by atoms with Gasteiger partial charge in [-0.25, -0.2) is 4.98 Å². The lowest BCUT2D eigenvalue weighted by molar-refractivity contribution is -0.111. The van der Waals surface area contributed by atoms with E-state index in [0.29, 0.717) is 17.2 Å². The highest BCUT2D eigenvalue weighted by atomic mass is 16.5. The fraction of sp³-hybridized carbons (Fsp3) is 0.158. The Morgan fingerprint density at radius 1 is 1.25 bits per heavy atom.